The summed E-state index contributed by atoms with van der Waals surface area (Å²) >= 11 is 0. The van der Waals surface area contributed by atoms with Gasteiger partial charge in [0, 0.05) is 30.9 Å². The fourth-order valence-electron chi connectivity index (χ4n) is 3.33. The van der Waals surface area contributed by atoms with Crippen molar-refractivity contribution >= 4 is 11.6 Å². The standard InChI is InChI=1S/C21H27N3O2/c22-13-16-4-6-19(7-5-16)21(26)23-20-3-1-2-18(12-20)14-24-10-8-17(15-25)9-11-24/h1-7,12,17,25H,8-11,13-15,22H2,(H,23,26). The van der Waals surface area contributed by atoms with Gasteiger partial charge in [0.2, 0.25) is 0 Å². The molecule has 3 rings (SSSR count). The first-order chi connectivity index (χ1) is 12.7. The molecule has 0 atom stereocenters. The maximum absolute atomic E-state index is 12.4. The van der Waals surface area contributed by atoms with Crippen molar-refractivity contribution in [1.29, 1.82) is 0 Å². The summed E-state index contributed by atoms with van der Waals surface area (Å²) in [6.07, 6.45) is 2.09. The van der Waals surface area contributed by atoms with E-state index in [2.05, 4.69) is 16.3 Å². The van der Waals surface area contributed by atoms with E-state index < -0.39 is 0 Å². The lowest BCUT2D eigenvalue weighted by molar-refractivity contribution is 0.102. The Bertz CT molecular complexity index is 722. The topological polar surface area (TPSA) is 78.6 Å². The van der Waals surface area contributed by atoms with Gasteiger partial charge in [0.25, 0.3) is 5.91 Å². The smallest absolute Gasteiger partial charge is 0.255 e. The molecule has 5 nitrogen and oxygen atoms in total. The van der Waals surface area contributed by atoms with Crippen LogP contribution in [0.1, 0.15) is 34.3 Å². The molecule has 1 amide bonds. The minimum Gasteiger partial charge on any atom is -0.396 e. The molecule has 5 heteroatoms. The number of aliphatic hydroxyl groups excluding tert-OH is 1. The van der Waals surface area contributed by atoms with Gasteiger partial charge in [-0.3, -0.25) is 9.69 Å². The normalized spacial score (nSPS) is 15.8. The fraction of sp³-hybridized carbons (Fsp3) is 0.381. The van der Waals surface area contributed by atoms with Gasteiger partial charge in [-0.05, 0) is 67.2 Å². The second-order valence-electron chi connectivity index (χ2n) is 6.96. The van der Waals surface area contributed by atoms with Crippen LogP contribution in [0.4, 0.5) is 5.69 Å². The predicted molar refractivity (Wildman–Crippen MR) is 104 cm³/mol. The van der Waals surface area contributed by atoms with Gasteiger partial charge in [-0.1, -0.05) is 24.3 Å². The molecule has 1 saturated heterocycles. The van der Waals surface area contributed by atoms with Crippen LogP contribution in [-0.4, -0.2) is 35.6 Å². The summed E-state index contributed by atoms with van der Waals surface area (Å²) in [5.41, 5.74) is 9.21. The first kappa shape index (κ1) is 18.6. The van der Waals surface area contributed by atoms with Crippen molar-refractivity contribution in [2.45, 2.75) is 25.9 Å². The summed E-state index contributed by atoms with van der Waals surface area (Å²) in [5.74, 6) is 0.331. The monoisotopic (exact) mass is 353 g/mol. The zero-order chi connectivity index (χ0) is 18.4. The number of hydrogen-bond acceptors (Lipinski definition) is 4. The van der Waals surface area contributed by atoms with Gasteiger partial charge in [0.1, 0.15) is 0 Å². The van der Waals surface area contributed by atoms with E-state index in [1.807, 2.05) is 30.3 Å². The highest BCUT2D eigenvalue weighted by Crippen LogP contribution is 2.20. The SMILES string of the molecule is NCc1ccc(C(=O)Nc2cccc(CN3CCC(CO)CC3)c2)cc1. The van der Waals surface area contributed by atoms with Crippen LogP contribution in [0.3, 0.4) is 0 Å². The molecule has 26 heavy (non-hydrogen) atoms. The predicted octanol–water partition coefficient (Wildman–Crippen LogP) is 2.60. The van der Waals surface area contributed by atoms with E-state index in [1.54, 1.807) is 12.1 Å². The molecule has 1 aliphatic rings. The maximum atomic E-state index is 12.4. The zero-order valence-electron chi connectivity index (χ0n) is 15.0. The number of nitrogens with zero attached hydrogens (tertiary/aromatic N) is 1. The van der Waals surface area contributed by atoms with E-state index in [0.29, 0.717) is 24.6 Å². The first-order valence-electron chi connectivity index (χ1n) is 9.20. The molecule has 0 saturated carbocycles. The number of amides is 1. The van der Waals surface area contributed by atoms with E-state index in [9.17, 15) is 9.90 Å². The van der Waals surface area contributed by atoms with Crippen molar-refractivity contribution in [1.82, 2.24) is 4.90 Å². The molecule has 0 bridgehead atoms. The number of piperidine rings is 1. The van der Waals surface area contributed by atoms with E-state index in [1.165, 1.54) is 5.56 Å². The first-order valence-corrected chi connectivity index (χ1v) is 9.20. The Hall–Kier alpha value is -2.21. The van der Waals surface area contributed by atoms with Crippen molar-refractivity contribution in [2.75, 3.05) is 25.0 Å². The second kappa shape index (κ2) is 8.94. The lowest BCUT2D eigenvalue weighted by atomic mass is 9.97. The van der Waals surface area contributed by atoms with Crippen molar-refractivity contribution in [3.05, 3.63) is 65.2 Å². The highest BCUT2D eigenvalue weighted by atomic mass is 16.3. The van der Waals surface area contributed by atoms with Crippen LogP contribution in [0, 0.1) is 5.92 Å². The Kier molecular flexibility index (Phi) is 6.39. The molecule has 1 fully saturated rings. The Labute approximate surface area is 154 Å². The van der Waals surface area contributed by atoms with Crippen molar-refractivity contribution in [3.63, 3.8) is 0 Å². The Morgan fingerprint density at radius 2 is 1.85 bits per heavy atom. The number of nitrogens with two attached hydrogens (primary N) is 1. The summed E-state index contributed by atoms with van der Waals surface area (Å²) in [4.78, 5) is 14.8. The zero-order valence-corrected chi connectivity index (χ0v) is 15.0. The molecule has 1 heterocycles. The van der Waals surface area contributed by atoms with Crippen LogP contribution >= 0.6 is 0 Å². The van der Waals surface area contributed by atoms with Crippen LogP contribution in [0.25, 0.3) is 0 Å². The molecule has 2 aromatic carbocycles. The van der Waals surface area contributed by atoms with E-state index in [-0.39, 0.29) is 5.91 Å². The number of carbonyl (C=O) groups excluding carboxylic acids is 1. The Morgan fingerprint density at radius 1 is 1.12 bits per heavy atom. The molecule has 138 valence electrons. The van der Waals surface area contributed by atoms with Crippen LogP contribution in [-0.2, 0) is 13.1 Å². The molecule has 0 aromatic heterocycles. The summed E-state index contributed by atoms with van der Waals surface area (Å²) in [5, 5.41) is 12.2. The number of nitrogens with one attached hydrogen (secondary N) is 1. The Balaban J connectivity index is 1.59. The molecule has 0 spiro atoms. The third-order valence-electron chi connectivity index (χ3n) is 5.01. The lowest BCUT2D eigenvalue weighted by Gasteiger charge is -2.31. The third kappa shape index (κ3) is 4.91. The molecule has 4 N–H and O–H groups in total. The number of carbonyl (C=O) groups is 1. The number of aliphatic hydroxyl groups is 1. The lowest BCUT2D eigenvalue weighted by Crippen LogP contribution is -2.34. The molecule has 2 aromatic rings. The van der Waals surface area contributed by atoms with Crippen molar-refractivity contribution in [3.8, 4) is 0 Å². The van der Waals surface area contributed by atoms with Crippen molar-refractivity contribution in [2.24, 2.45) is 11.7 Å². The summed E-state index contributed by atoms with van der Waals surface area (Å²) in [7, 11) is 0. The average Bonchev–Trinajstić information content (AvgIpc) is 2.69. The maximum Gasteiger partial charge on any atom is 0.255 e. The fourth-order valence-corrected chi connectivity index (χ4v) is 3.33. The van der Waals surface area contributed by atoms with Crippen molar-refractivity contribution < 1.29 is 9.90 Å². The number of likely N-dealkylation sites (tertiary alicyclic amines) is 1. The van der Waals surface area contributed by atoms with Gasteiger partial charge in [0.05, 0.1) is 0 Å². The summed E-state index contributed by atoms with van der Waals surface area (Å²) in [6, 6.07) is 15.4. The van der Waals surface area contributed by atoms with Gasteiger partial charge in [-0.25, -0.2) is 0 Å². The van der Waals surface area contributed by atoms with Gasteiger partial charge in [-0.15, -0.1) is 0 Å². The van der Waals surface area contributed by atoms with Gasteiger partial charge in [0.15, 0.2) is 0 Å². The van der Waals surface area contributed by atoms with Crippen LogP contribution in [0.15, 0.2) is 48.5 Å². The summed E-state index contributed by atoms with van der Waals surface area (Å²) in [6.45, 7) is 3.65. The highest BCUT2D eigenvalue weighted by molar-refractivity contribution is 6.04. The minimum absolute atomic E-state index is 0.116. The van der Waals surface area contributed by atoms with Gasteiger partial charge >= 0.3 is 0 Å². The largest absolute Gasteiger partial charge is 0.396 e. The van der Waals surface area contributed by atoms with E-state index in [4.69, 9.17) is 5.73 Å². The van der Waals surface area contributed by atoms with Crippen LogP contribution in [0.5, 0.6) is 0 Å². The molecule has 0 aliphatic carbocycles. The second-order valence-corrected chi connectivity index (χ2v) is 6.96. The number of rotatable bonds is 6. The quantitative estimate of drug-likeness (QED) is 0.746. The van der Waals surface area contributed by atoms with E-state index in [0.717, 1.165) is 43.7 Å². The van der Waals surface area contributed by atoms with Crippen LogP contribution < -0.4 is 11.1 Å². The molecular formula is C21H27N3O2. The minimum atomic E-state index is -0.116. The molecule has 0 unspecified atom stereocenters. The molecular weight excluding hydrogens is 326 g/mol. The Morgan fingerprint density at radius 3 is 2.50 bits per heavy atom. The van der Waals surface area contributed by atoms with Gasteiger partial charge < -0.3 is 16.2 Å². The number of anilines is 1. The summed E-state index contributed by atoms with van der Waals surface area (Å²) < 4.78 is 0. The van der Waals surface area contributed by atoms with Crippen LogP contribution in [0.2, 0.25) is 0 Å². The van der Waals surface area contributed by atoms with E-state index >= 15 is 0 Å². The highest BCUT2D eigenvalue weighted by Gasteiger charge is 2.18. The number of hydrogen-bond donors (Lipinski definition) is 3. The molecule has 1 aliphatic heterocycles. The third-order valence-corrected chi connectivity index (χ3v) is 5.01. The van der Waals surface area contributed by atoms with Gasteiger partial charge in [-0.2, -0.15) is 0 Å². The average molecular weight is 353 g/mol. The number of benzene rings is 2. The molecule has 0 radical (unpaired) electrons.